The van der Waals surface area contributed by atoms with Crippen molar-refractivity contribution in [2.45, 2.75) is 0 Å². The summed E-state index contributed by atoms with van der Waals surface area (Å²) in [6.07, 6.45) is 0. The number of hydrogen-bond donors (Lipinski definition) is 1. The van der Waals surface area contributed by atoms with Gasteiger partial charge in [-0.1, -0.05) is 0 Å². The number of rotatable bonds is 0. The van der Waals surface area contributed by atoms with Crippen LogP contribution in [-0.4, -0.2) is 5.11 Å². The zero-order chi connectivity index (χ0) is 5.11. The second-order valence-corrected chi connectivity index (χ2v) is 1.26. The fourth-order valence-electron chi connectivity index (χ4n) is 0.384. The van der Waals surface area contributed by atoms with Crippen molar-refractivity contribution in [1.82, 2.24) is 0 Å². The Morgan fingerprint density at radius 1 is 1.50 bits per heavy atom. The van der Waals surface area contributed by atoms with Crippen molar-refractivity contribution in [2.75, 3.05) is 0 Å². The van der Waals surface area contributed by atoms with Crippen LogP contribution in [0.3, 0.4) is 0 Å². The average Bonchev–Trinajstić information content (AvgIpc) is 1.69. The maximum absolute atomic E-state index is 8.60. The van der Waals surface area contributed by atoms with Crippen molar-refractivity contribution in [3.63, 3.8) is 0 Å². The quantitative estimate of drug-likeness (QED) is 0.706. The molecule has 0 saturated carbocycles. The van der Waals surface area contributed by atoms with E-state index in [2.05, 4.69) is 6.07 Å². The van der Waals surface area contributed by atoms with Crippen molar-refractivity contribution in [3.8, 4) is 5.75 Å². The number of phenolic OH excluding ortho intramolecular Hbond substituents is 1. The van der Waals surface area contributed by atoms with Gasteiger partial charge in [0.25, 0.3) is 0 Å². The molecule has 0 fully saturated rings. The standard InChI is InChI=1S/C6H5O.W/c7-6-4-2-1-3-5-6;/h1-2,4-5,7H;/q-1;. The van der Waals surface area contributed by atoms with Gasteiger partial charge in [-0.15, -0.1) is 12.1 Å². The smallest absolute Gasteiger partial charge is 0.00321 e. The molecule has 0 radical (unpaired) electrons. The van der Waals surface area contributed by atoms with Gasteiger partial charge in [-0.3, -0.25) is 0 Å². The predicted octanol–water partition coefficient (Wildman–Crippen LogP) is 1.19. The summed E-state index contributed by atoms with van der Waals surface area (Å²) in [5.41, 5.74) is 0. The van der Waals surface area contributed by atoms with Crippen LogP contribution in [0.1, 0.15) is 0 Å². The van der Waals surface area contributed by atoms with Crippen LogP contribution in [0.2, 0.25) is 0 Å². The van der Waals surface area contributed by atoms with Gasteiger partial charge in [0, 0.05) is 26.8 Å². The second-order valence-electron chi connectivity index (χ2n) is 1.26. The maximum Gasteiger partial charge on any atom is 0.00321 e. The first-order chi connectivity index (χ1) is 3.39. The summed E-state index contributed by atoms with van der Waals surface area (Å²) < 4.78 is 0. The summed E-state index contributed by atoms with van der Waals surface area (Å²) >= 11 is 0. The molecule has 0 saturated heterocycles. The monoisotopic (exact) mass is 277 g/mol. The molecule has 0 atom stereocenters. The van der Waals surface area contributed by atoms with Crippen LogP contribution in [0, 0.1) is 6.07 Å². The van der Waals surface area contributed by atoms with E-state index in [0.717, 1.165) is 0 Å². The van der Waals surface area contributed by atoms with E-state index in [4.69, 9.17) is 5.11 Å². The third kappa shape index (κ3) is 2.13. The van der Waals surface area contributed by atoms with Gasteiger partial charge >= 0.3 is 0 Å². The molecule has 1 aromatic rings. The number of benzene rings is 1. The average molecular weight is 277 g/mol. The minimum atomic E-state index is 0. The van der Waals surface area contributed by atoms with E-state index in [0.29, 0.717) is 0 Å². The van der Waals surface area contributed by atoms with Crippen molar-refractivity contribution >= 4 is 0 Å². The first-order valence-corrected chi connectivity index (χ1v) is 2.04. The van der Waals surface area contributed by atoms with Crippen LogP contribution in [0.25, 0.3) is 0 Å². The van der Waals surface area contributed by atoms with Gasteiger partial charge in [0.2, 0.25) is 0 Å². The van der Waals surface area contributed by atoms with E-state index < -0.39 is 0 Å². The summed E-state index contributed by atoms with van der Waals surface area (Å²) in [4.78, 5) is 0. The summed E-state index contributed by atoms with van der Waals surface area (Å²) in [7, 11) is 0. The number of phenols is 1. The molecule has 1 nitrogen and oxygen atoms in total. The fourth-order valence-corrected chi connectivity index (χ4v) is 0.384. The maximum atomic E-state index is 8.60. The van der Waals surface area contributed by atoms with E-state index in [9.17, 15) is 0 Å². The van der Waals surface area contributed by atoms with Gasteiger partial charge in [0.05, 0.1) is 0 Å². The van der Waals surface area contributed by atoms with Crippen LogP contribution in [0.15, 0.2) is 24.3 Å². The Kier molecular flexibility index (Phi) is 3.54. The molecule has 0 amide bonds. The summed E-state index contributed by atoms with van der Waals surface area (Å²) in [5, 5.41) is 8.60. The molecule has 0 aliphatic rings. The van der Waals surface area contributed by atoms with Crippen LogP contribution in [-0.2, 0) is 21.1 Å². The van der Waals surface area contributed by atoms with Crippen LogP contribution in [0.5, 0.6) is 5.75 Å². The van der Waals surface area contributed by atoms with Crippen LogP contribution >= 0.6 is 0 Å². The molecule has 0 aromatic heterocycles. The SMILES string of the molecule is Oc1c[c-]ccc1.[W]. The molecule has 0 unspecified atom stereocenters. The molecule has 1 aromatic carbocycles. The molecular weight excluding hydrogens is 272 g/mol. The Labute approximate surface area is 62.6 Å². The van der Waals surface area contributed by atoms with Crippen molar-refractivity contribution in [1.29, 1.82) is 0 Å². The summed E-state index contributed by atoms with van der Waals surface area (Å²) in [6.45, 7) is 0. The molecule has 2 heteroatoms. The predicted molar refractivity (Wildman–Crippen MR) is 26.9 cm³/mol. The first kappa shape index (κ1) is 7.71. The zero-order valence-corrected chi connectivity index (χ0v) is 7.10. The molecule has 1 rings (SSSR count). The molecule has 0 aliphatic carbocycles. The van der Waals surface area contributed by atoms with E-state index in [1.54, 1.807) is 18.2 Å². The molecule has 0 heterocycles. The third-order valence-electron chi connectivity index (χ3n) is 0.691. The Balaban J connectivity index is 0.000000490. The summed E-state index contributed by atoms with van der Waals surface area (Å²) in [5.74, 6) is 0.266. The zero-order valence-electron chi connectivity index (χ0n) is 4.16. The van der Waals surface area contributed by atoms with Crippen molar-refractivity contribution in [3.05, 3.63) is 30.3 Å². The Morgan fingerprint density at radius 2 is 2.25 bits per heavy atom. The summed E-state index contributed by atoms with van der Waals surface area (Å²) in [6, 6.07) is 9.30. The van der Waals surface area contributed by atoms with Gasteiger partial charge in [-0.2, -0.15) is 18.2 Å². The van der Waals surface area contributed by atoms with Crippen LogP contribution < -0.4 is 0 Å². The topological polar surface area (TPSA) is 20.2 Å². The fraction of sp³-hybridized carbons (Fsp3) is 0. The molecule has 0 aliphatic heterocycles. The van der Waals surface area contributed by atoms with E-state index in [1.807, 2.05) is 0 Å². The largest absolute Gasteiger partial charge is 0.566 e. The Hall–Kier alpha value is -0.292. The van der Waals surface area contributed by atoms with Gasteiger partial charge < -0.3 is 5.11 Å². The third-order valence-corrected chi connectivity index (χ3v) is 0.691. The molecule has 42 valence electrons. The Morgan fingerprint density at radius 3 is 2.50 bits per heavy atom. The number of hydrogen-bond acceptors (Lipinski definition) is 1. The minimum Gasteiger partial charge on any atom is -0.566 e. The van der Waals surface area contributed by atoms with E-state index >= 15 is 0 Å². The second kappa shape index (κ2) is 3.68. The van der Waals surface area contributed by atoms with Crippen molar-refractivity contribution < 1.29 is 26.2 Å². The van der Waals surface area contributed by atoms with Gasteiger partial charge in [0.1, 0.15) is 0 Å². The molecule has 1 N–H and O–H groups in total. The van der Waals surface area contributed by atoms with E-state index in [-0.39, 0.29) is 26.8 Å². The Bertz CT molecular complexity index is 138. The normalized spacial score (nSPS) is 7.50. The molecular formula is C6H5OW-. The molecule has 0 bridgehead atoms. The molecule has 0 spiro atoms. The minimum absolute atomic E-state index is 0. The molecule has 8 heavy (non-hydrogen) atoms. The first-order valence-electron chi connectivity index (χ1n) is 2.04. The van der Waals surface area contributed by atoms with Crippen molar-refractivity contribution in [2.24, 2.45) is 0 Å². The van der Waals surface area contributed by atoms with Gasteiger partial charge in [0.15, 0.2) is 0 Å². The van der Waals surface area contributed by atoms with Crippen LogP contribution in [0.4, 0.5) is 0 Å². The number of aromatic hydroxyl groups is 1. The van der Waals surface area contributed by atoms with Gasteiger partial charge in [-0.05, 0) is 0 Å². The van der Waals surface area contributed by atoms with Gasteiger partial charge in [-0.25, -0.2) is 0 Å². The van der Waals surface area contributed by atoms with E-state index in [1.165, 1.54) is 6.07 Å².